The zero-order valence-electron chi connectivity index (χ0n) is 15.0. The molecule has 0 aliphatic heterocycles. The van der Waals surface area contributed by atoms with Crippen LogP contribution in [0.5, 0.6) is 11.5 Å². The molecule has 2 aromatic rings. The average molecular weight is 378 g/mol. The molecule has 140 valence electrons. The Labute approximate surface area is 156 Å². The van der Waals surface area contributed by atoms with E-state index in [9.17, 15) is 9.59 Å². The Morgan fingerprint density at radius 2 is 1.96 bits per heavy atom. The Kier molecular flexibility index (Phi) is 7.43. The minimum absolute atomic E-state index is 0.108. The van der Waals surface area contributed by atoms with Crippen molar-refractivity contribution in [1.29, 1.82) is 0 Å². The molecule has 0 saturated carbocycles. The molecule has 0 radical (unpaired) electrons. The molecule has 26 heavy (non-hydrogen) atoms. The molecule has 0 fully saturated rings. The van der Waals surface area contributed by atoms with Gasteiger partial charge in [0.05, 0.1) is 19.9 Å². The van der Waals surface area contributed by atoms with Crippen molar-refractivity contribution in [3.8, 4) is 11.5 Å². The fourth-order valence-electron chi connectivity index (χ4n) is 2.36. The van der Waals surface area contributed by atoms with Gasteiger partial charge in [-0.05, 0) is 30.0 Å². The highest BCUT2D eigenvalue weighted by molar-refractivity contribution is 7.09. The van der Waals surface area contributed by atoms with E-state index in [4.69, 9.17) is 14.2 Å². The molecule has 0 spiro atoms. The number of thiophene rings is 1. The number of methoxy groups -OCH3 is 3. The molecule has 1 aromatic heterocycles. The molecule has 2 rings (SSSR count). The van der Waals surface area contributed by atoms with Crippen molar-refractivity contribution in [1.82, 2.24) is 5.32 Å². The van der Waals surface area contributed by atoms with Gasteiger partial charge >= 0.3 is 0 Å². The van der Waals surface area contributed by atoms with Crippen LogP contribution in [0.3, 0.4) is 0 Å². The van der Waals surface area contributed by atoms with Gasteiger partial charge in [-0.3, -0.25) is 9.59 Å². The van der Waals surface area contributed by atoms with Gasteiger partial charge in [-0.15, -0.1) is 11.3 Å². The number of benzene rings is 1. The van der Waals surface area contributed by atoms with Crippen LogP contribution < -0.4 is 20.1 Å². The van der Waals surface area contributed by atoms with Crippen LogP contribution >= 0.6 is 11.3 Å². The Morgan fingerprint density at radius 3 is 2.58 bits per heavy atom. The Morgan fingerprint density at radius 1 is 1.15 bits per heavy atom. The van der Waals surface area contributed by atoms with Gasteiger partial charge in [-0.2, -0.15) is 0 Å². The van der Waals surface area contributed by atoms with Crippen molar-refractivity contribution in [3.63, 3.8) is 0 Å². The summed E-state index contributed by atoms with van der Waals surface area (Å²) in [6.45, 7) is 0.405. The highest BCUT2D eigenvalue weighted by Gasteiger charge is 2.18. The Bertz CT molecular complexity index is 746. The summed E-state index contributed by atoms with van der Waals surface area (Å²) in [7, 11) is 4.36. The van der Waals surface area contributed by atoms with Crippen molar-refractivity contribution in [2.45, 2.75) is 6.42 Å². The summed E-state index contributed by atoms with van der Waals surface area (Å²) in [4.78, 5) is 25.5. The van der Waals surface area contributed by atoms with Crippen LogP contribution in [0, 0.1) is 0 Å². The predicted molar refractivity (Wildman–Crippen MR) is 100 cm³/mol. The molecule has 2 N–H and O–H groups in total. The van der Waals surface area contributed by atoms with Gasteiger partial charge in [-0.25, -0.2) is 0 Å². The van der Waals surface area contributed by atoms with E-state index in [1.807, 2.05) is 17.5 Å². The second-order valence-electron chi connectivity index (χ2n) is 5.33. The van der Waals surface area contributed by atoms with Crippen molar-refractivity contribution < 1.29 is 23.8 Å². The van der Waals surface area contributed by atoms with Gasteiger partial charge in [0.2, 0.25) is 5.91 Å². The Balaban J connectivity index is 2.15. The standard InChI is InChI=1S/C18H22N2O5S/c1-23-11-16(21)20-14-9-12(10-15(24-2)17(14)25-3)18(22)19-7-6-13-5-4-8-26-13/h4-5,8-10H,6-7,11H2,1-3H3,(H,19,22)(H,20,21). The highest BCUT2D eigenvalue weighted by Crippen LogP contribution is 2.36. The molecule has 0 atom stereocenters. The molecule has 2 amide bonds. The van der Waals surface area contributed by atoms with Crippen LogP contribution in [-0.4, -0.2) is 46.3 Å². The maximum Gasteiger partial charge on any atom is 0.251 e. The molecule has 1 aromatic carbocycles. The number of rotatable bonds is 9. The third kappa shape index (κ3) is 5.21. The summed E-state index contributed by atoms with van der Waals surface area (Å²) in [5.74, 6) is 0.0751. The number of amides is 2. The van der Waals surface area contributed by atoms with Crippen molar-refractivity contribution >= 4 is 28.8 Å². The monoisotopic (exact) mass is 378 g/mol. The second-order valence-corrected chi connectivity index (χ2v) is 6.36. The number of nitrogens with one attached hydrogen (secondary N) is 2. The number of carbonyl (C=O) groups is 2. The molecule has 0 saturated heterocycles. The van der Waals surface area contributed by atoms with E-state index >= 15 is 0 Å². The van der Waals surface area contributed by atoms with Gasteiger partial charge in [0.25, 0.3) is 5.91 Å². The first-order valence-corrected chi connectivity index (χ1v) is 8.82. The third-order valence-electron chi connectivity index (χ3n) is 3.53. The smallest absolute Gasteiger partial charge is 0.251 e. The molecule has 8 heteroatoms. The quantitative estimate of drug-likeness (QED) is 0.699. The minimum Gasteiger partial charge on any atom is -0.493 e. The van der Waals surface area contributed by atoms with Gasteiger partial charge in [-0.1, -0.05) is 6.07 Å². The first-order valence-electron chi connectivity index (χ1n) is 7.94. The molecule has 1 heterocycles. The second kappa shape index (κ2) is 9.79. The van der Waals surface area contributed by atoms with Gasteiger partial charge in [0.1, 0.15) is 6.61 Å². The summed E-state index contributed by atoms with van der Waals surface area (Å²) in [5.41, 5.74) is 0.707. The molecular weight excluding hydrogens is 356 g/mol. The van der Waals surface area contributed by atoms with E-state index in [0.29, 0.717) is 29.3 Å². The molecular formula is C18H22N2O5S. The molecule has 0 unspecified atom stereocenters. The summed E-state index contributed by atoms with van der Waals surface area (Å²) >= 11 is 1.65. The van der Waals surface area contributed by atoms with Crippen LogP contribution in [0.1, 0.15) is 15.2 Å². The average Bonchev–Trinajstić information content (AvgIpc) is 3.14. The van der Waals surface area contributed by atoms with E-state index < -0.39 is 0 Å². The lowest BCUT2D eigenvalue weighted by Crippen LogP contribution is -2.26. The van der Waals surface area contributed by atoms with Crippen molar-refractivity contribution in [2.75, 3.05) is 39.8 Å². The van der Waals surface area contributed by atoms with Crippen molar-refractivity contribution in [3.05, 3.63) is 40.1 Å². The van der Waals surface area contributed by atoms with Crippen LogP contribution in [0.2, 0.25) is 0 Å². The van der Waals surface area contributed by atoms with Crippen LogP contribution in [0.15, 0.2) is 29.6 Å². The van der Waals surface area contributed by atoms with E-state index in [-0.39, 0.29) is 18.4 Å². The predicted octanol–water partition coefficient (Wildman–Crippen LogP) is 2.32. The topological polar surface area (TPSA) is 85.9 Å². The summed E-state index contributed by atoms with van der Waals surface area (Å²) in [5, 5.41) is 7.53. The Hall–Kier alpha value is -2.58. The number of hydrogen-bond acceptors (Lipinski definition) is 6. The van der Waals surface area contributed by atoms with E-state index in [1.54, 1.807) is 23.5 Å². The zero-order chi connectivity index (χ0) is 18.9. The molecule has 0 aliphatic carbocycles. The fourth-order valence-corrected chi connectivity index (χ4v) is 3.07. The zero-order valence-corrected chi connectivity index (χ0v) is 15.8. The van der Waals surface area contributed by atoms with Crippen LogP contribution in [0.25, 0.3) is 0 Å². The molecule has 0 bridgehead atoms. The molecule has 7 nitrogen and oxygen atoms in total. The lowest BCUT2D eigenvalue weighted by Gasteiger charge is -2.15. The lowest BCUT2D eigenvalue weighted by molar-refractivity contribution is -0.119. The maximum absolute atomic E-state index is 12.5. The van der Waals surface area contributed by atoms with Crippen LogP contribution in [-0.2, 0) is 16.0 Å². The van der Waals surface area contributed by atoms with Gasteiger partial charge in [0.15, 0.2) is 11.5 Å². The van der Waals surface area contributed by atoms with E-state index in [0.717, 1.165) is 6.42 Å². The van der Waals surface area contributed by atoms with E-state index in [1.165, 1.54) is 26.2 Å². The van der Waals surface area contributed by atoms with Gasteiger partial charge in [0, 0.05) is 24.1 Å². The molecule has 0 aliphatic rings. The first kappa shape index (κ1) is 19.7. The van der Waals surface area contributed by atoms with Crippen molar-refractivity contribution in [2.24, 2.45) is 0 Å². The lowest BCUT2D eigenvalue weighted by atomic mass is 10.1. The SMILES string of the molecule is COCC(=O)Nc1cc(C(=O)NCCc2cccs2)cc(OC)c1OC. The summed E-state index contributed by atoms with van der Waals surface area (Å²) < 4.78 is 15.4. The summed E-state index contributed by atoms with van der Waals surface area (Å²) in [6.07, 6.45) is 0.758. The fraction of sp³-hybridized carbons (Fsp3) is 0.333. The number of ether oxygens (including phenoxy) is 3. The number of anilines is 1. The largest absolute Gasteiger partial charge is 0.493 e. The maximum atomic E-state index is 12.5. The van der Waals surface area contributed by atoms with Crippen LogP contribution in [0.4, 0.5) is 5.69 Å². The third-order valence-corrected chi connectivity index (χ3v) is 4.46. The van der Waals surface area contributed by atoms with Gasteiger partial charge < -0.3 is 24.8 Å². The normalized spacial score (nSPS) is 10.3. The summed E-state index contributed by atoms with van der Waals surface area (Å²) in [6, 6.07) is 7.13. The van der Waals surface area contributed by atoms with E-state index in [2.05, 4.69) is 10.6 Å². The highest BCUT2D eigenvalue weighted by atomic mass is 32.1. The first-order chi connectivity index (χ1) is 12.6. The number of hydrogen-bond donors (Lipinski definition) is 2. The minimum atomic E-state index is -0.358. The number of carbonyl (C=O) groups excluding carboxylic acids is 2.